The van der Waals surface area contributed by atoms with Crippen LogP contribution < -0.4 is 20.1 Å². The van der Waals surface area contributed by atoms with E-state index in [1.54, 1.807) is 25.1 Å². The molecule has 3 N–H and O–H groups in total. The molecule has 2 fully saturated rings. The van der Waals surface area contributed by atoms with E-state index in [0.29, 0.717) is 55.5 Å². The molecule has 4 amide bonds. The third-order valence-corrected chi connectivity index (χ3v) is 12.2. The summed E-state index contributed by atoms with van der Waals surface area (Å²) in [5.41, 5.74) is -1.06. The fraction of sp³-hybridized carbons (Fsp3) is 0.486. The number of para-hydroxylation sites is 1. The third-order valence-electron chi connectivity index (χ3n) is 10.3. The summed E-state index contributed by atoms with van der Waals surface area (Å²) in [7, 11) is -3.97. The van der Waals surface area contributed by atoms with Crippen molar-refractivity contribution in [2.75, 3.05) is 6.54 Å². The van der Waals surface area contributed by atoms with Gasteiger partial charge >= 0.3 is 0 Å². The van der Waals surface area contributed by atoms with E-state index in [2.05, 4.69) is 30.5 Å². The highest BCUT2D eigenvalue weighted by atomic mass is 32.2. The van der Waals surface area contributed by atoms with Crippen LogP contribution in [-0.4, -0.2) is 87.6 Å². The molecule has 54 heavy (non-hydrogen) atoms. The molecular formula is C37H42FN7O8S. The summed E-state index contributed by atoms with van der Waals surface area (Å²) in [5.74, 6) is -3.56. The van der Waals surface area contributed by atoms with Gasteiger partial charge in [-0.1, -0.05) is 55.3 Å². The van der Waals surface area contributed by atoms with Gasteiger partial charge in [0.05, 0.1) is 17.3 Å². The van der Waals surface area contributed by atoms with Crippen LogP contribution in [0.5, 0.6) is 5.88 Å². The predicted octanol–water partition coefficient (Wildman–Crippen LogP) is 2.94. The summed E-state index contributed by atoms with van der Waals surface area (Å²) in [5, 5.41) is 8.76. The lowest BCUT2D eigenvalue weighted by molar-refractivity contribution is -0.142. The molecule has 1 unspecified atom stereocenters. The molecule has 0 bridgehead atoms. The van der Waals surface area contributed by atoms with Gasteiger partial charge in [-0.3, -0.25) is 23.9 Å². The number of aromatic nitrogens is 3. The van der Waals surface area contributed by atoms with Gasteiger partial charge in [0.25, 0.3) is 11.8 Å². The van der Waals surface area contributed by atoms with Crippen molar-refractivity contribution in [3.8, 4) is 5.88 Å². The van der Waals surface area contributed by atoms with Crippen molar-refractivity contribution in [2.45, 2.75) is 101 Å². The van der Waals surface area contributed by atoms with Crippen molar-refractivity contribution in [2.24, 2.45) is 5.92 Å². The molecule has 1 saturated carbocycles. The summed E-state index contributed by atoms with van der Waals surface area (Å²) in [4.78, 5) is 66.2. The molecule has 5 atom stereocenters. The maximum Gasteiger partial charge on any atom is 0.274 e. The lowest BCUT2D eigenvalue weighted by Crippen LogP contribution is -2.67. The van der Waals surface area contributed by atoms with Gasteiger partial charge in [0.15, 0.2) is 11.5 Å². The normalized spacial score (nSPS) is 26.8. The Labute approximate surface area is 311 Å². The molecule has 2 aromatic heterocycles. The monoisotopic (exact) mass is 763 g/mol. The Morgan fingerprint density at radius 1 is 1.13 bits per heavy atom. The van der Waals surface area contributed by atoms with Gasteiger partial charge in [0.2, 0.25) is 27.7 Å². The number of nitrogens with zero attached hydrogens (tertiary/aromatic N) is 4. The standard InChI is InChI=1S/C37H42FN7O8S/c1-3-23-18-29(43-53-23)32(46)40-28-12-8-6-4-5-7-10-22-16-17-37(22,36(49)44-54(50,51)25-14-15-25)42-33(47)30-19-24(20-45(30)35(28)48)52-34-21(2)39-27-13-9-11-26(38)31(27)41-34/h7,9-11,13,16-18,22,24-25,28,30H,3-6,8,12,14-15,19-20H2,1-2H3,(H,40,46)(H,42,47)(H,44,49)/b10-7-/t22?,24-,28+,30+,37-/m1/s1. The second-order valence-corrected chi connectivity index (χ2v) is 16.2. The minimum absolute atomic E-state index is 0.00658. The summed E-state index contributed by atoms with van der Waals surface area (Å²) in [6, 6.07) is 3.60. The van der Waals surface area contributed by atoms with Crippen molar-refractivity contribution in [3.63, 3.8) is 0 Å². The molecule has 1 aromatic carbocycles. The first-order valence-corrected chi connectivity index (χ1v) is 19.8. The Kier molecular flexibility index (Phi) is 10.3. The Morgan fingerprint density at radius 3 is 2.67 bits per heavy atom. The van der Waals surface area contributed by atoms with E-state index >= 15 is 0 Å². The Hall–Kier alpha value is -5.19. The third kappa shape index (κ3) is 7.45. The molecule has 286 valence electrons. The molecule has 0 spiro atoms. The number of fused-ring (bicyclic) bond motifs is 3. The number of carbonyl (C=O) groups excluding carboxylic acids is 4. The zero-order valence-electron chi connectivity index (χ0n) is 29.9. The smallest absolute Gasteiger partial charge is 0.274 e. The van der Waals surface area contributed by atoms with Crippen LogP contribution in [0, 0.1) is 18.7 Å². The summed E-state index contributed by atoms with van der Waals surface area (Å²) in [6.45, 7) is 3.37. The number of allylic oxidation sites excluding steroid dienone is 1. The van der Waals surface area contributed by atoms with Crippen LogP contribution in [0.15, 0.2) is 53.1 Å². The molecule has 17 heteroatoms. The first-order valence-electron chi connectivity index (χ1n) is 18.3. The number of rotatable bonds is 8. The molecular weight excluding hydrogens is 722 g/mol. The Balaban J connectivity index is 1.21. The van der Waals surface area contributed by atoms with Crippen molar-refractivity contribution in [3.05, 3.63) is 71.5 Å². The summed E-state index contributed by atoms with van der Waals surface area (Å²) in [6.07, 6.45) is 10.2. The van der Waals surface area contributed by atoms with Gasteiger partial charge in [-0.15, -0.1) is 0 Å². The van der Waals surface area contributed by atoms with Gasteiger partial charge in [-0.25, -0.2) is 22.8 Å². The van der Waals surface area contributed by atoms with Gasteiger partial charge < -0.3 is 24.8 Å². The highest BCUT2D eigenvalue weighted by molar-refractivity contribution is 7.91. The maximum absolute atomic E-state index is 14.7. The number of aryl methyl sites for hydroxylation is 2. The number of ether oxygens (including phenoxy) is 1. The number of halogens is 1. The van der Waals surface area contributed by atoms with E-state index < -0.39 is 74.4 Å². The average molecular weight is 764 g/mol. The topological polar surface area (TPSA) is 203 Å². The number of carbonyl (C=O) groups is 4. The van der Waals surface area contributed by atoms with E-state index in [1.165, 1.54) is 29.2 Å². The molecule has 2 aliphatic heterocycles. The number of sulfonamides is 1. The largest absolute Gasteiger partial charge is 0.471 e. The molecule has 7 rings (SSSR count). The van der Waals surface area contributed by atoms with E-state index in [9.17, 15) is 32.0 Å². The van der Waals surface area contributed by atoms with E-state index in [-0.39, 0.29) is 36.5 Å². The van der Waals surface area contributed by atoms with E-state index in [1.807, 2.05) is 13.0 Å². The van der Waals surface area contributed by atoms with Crippen LogP contribution in [0.4, 0.5) is 4.39 Å². The van der Waals surface area contributed by atoms with Gasteiger partial charge in [-0.05, 0) is 51.2 Å². The number of hydrogen-bond donors (Lipinski definition) is 3. The van der Waals surface area contributed by atoms with Crippen molar-refractivity contribution >= 4 is 44.7 Å². The van der Waals surface area contributed by atoms with Crippen LogP contribution >= 0.6 is 0 Å². The van der Waals surface area contributed by atoms with Crippen LogP contribution in [0.25, 0.3) is 11.0 Å². The van der Waals surface area contributed by atoms with Gasteiger partial charge in [0.1, 0.15) is 40.7 Å². The van der Waals surface area contributed by atoms with Gasteiger partial charge in [-0.2, -0.15) is 0 Å². The highest BCUT2D eigenvalue weighted by Crippen LogP contribution is 2.36. The van der Waals surface area contributed by atoms with Crippen molar-refractivity contribution in [1.82, 2.24) is 35.4 Å². The van der Waals surface area contributed by atoms with Gasteiger partial charge in [0, 0.05) is 24.8 Å². The molecule has 1 saturated heterocycles. The maximum atomic E-state index is 14.7. The summed E-state index contributed by atoms with van der Waals surface area (Å²) >= 11 is 0. The number of hydrogen-bond acceptors (Lipinski definition) is 11. The lowest BCUT2D eigenvalue weighted by Gasteiger charge is -2.42. The van der Waals surface area contributed by atoms with Crippen LogP contribution in [0.3, 0.4) is 0 Å². The minimum Gasteiger partial charge on any atom is -0.471 e. The molecule has 15 nitrogen and oxygen atoms in total. The lowest BCUT2D eigenvalue weighted by atomic mass is 9.73. The van der Waals surface area contributed by atoms with Crippen LogP contribution in [-0.2, 0) is 30.8 Å². The number of nitrogens with one attached hydrogen (secondary N) is 3. The second-order valence-electron chi connectivity index (χ2n) is 14.2. The first kappa shape index (κ1) is 37.1. The average Bonchev–Trinajstić information content (AvgIpc) is 3.75. The van der Waals surface area contributed by atoms with E-state index in [0.717, 1.165) is 6.42 Å². The van der Waals surface area contributed by atoms with Crippen molar-refractivity contribution in [1.29, 1.82) is 0 Å². The Bertz CT molecular complexity index is 2150. The van der Waals surface area contributed by atoms with E-state index in [4.69, 9.17) is 9.26 Å². The molecule has 2 aliphatic carbocycles. The zero-order chi connectivity index (χ0) is 38.2. The van der Waals surface area contributed by atoms with Crippen molar-refractivity contribution < 1.29 is 41.2 Å². The van der Waals surface area contributed by atoms with Crippen LogP contribution in [0.1, 0.15) is 80.2 Å². The SMILES string of the molecule is CCc1cc(C(=O)N[C@H]2CCCCC/C=C\C3C=C[C@@]3(C(=O)NS(=O)(=O)C3CC3)NC(=O)[C@@H]3C[C@@H](Oc4nc5c(F)cccc5nc4C)CN3C2=O)no1. The first-order chi connectivity index (χ1) is 25.9. The molecule has 4 heterocycles. The highest BCUT2D eigenvalue weighted by Gasteiger charge is 2.53. The number of benzene rings is 1. The molecule has 3 aromatic rings. The van der Waals surface area contributed by atoms with Crippen LogP contribution in [0.2, 0.25) is 0 Å². The molecule has 0 radical (unpaired) electrons. The fourth-order valence-electron chi connectivity index (χ4n) is 7.05. The minimum atomic E-state index is -3.97. The zero-order valence-corrected chi connectivity index (χ0v) is 30.7. The Morgan fingerprint density at radius 2 is 1.94 bits per heavy atom. The fourth-order valence-corrected chi connectivity index (χ4v) is 8.40. The summed E-state index contributed by atoms with van der Waals surface area (Å²) < 4.78 is 54.1. The second kappa shape index (κ2) is 14.9. The quantitative estimate of drug-likeness (QED) is 0.285. The number of amides is 4. The molecule has 4 aliphatic rings. The predicted molar refractivity (Wildman–Crippen MR) is 192 cm³/mol.